The van der Waals surface area contributed by atoms with Gasteiger partial charge in [0.25, 0.3) is 0 Å². The number of para-hydroxylation sites is 1. The van der Waals surface area contributed by atoms with Crippen LogP contribution in [-0.4, -0.2) is 33.8 Å². The van der Waals surface area contributed by atoms with Gasteiger partial charge >= 0.3 is 0 Å². The van der Waals surface area contributed by atoms with Crippen LogP contribution >= 0.6 is 0 Å². The first-order chi connectivity index (χ1) is 8.07. The highest BCUT2D eigenvalue weighted by Gasteiger charge is 2.33. The Labute approximate surface area is 102 Å². The maximum absolute atomic E-state index is 11.7. The molecule has 0 aromatic heterocycles. The first kappa shape index (κ1) is 10.9. The van der Waals surface area contributed by atoms with Crippen molar-refractivity contribution in [3.05, 3.63) is 18.2 Å². The molecular formula is C12H16N2O2S. The van der Waals surface area contributed by atoms with Crippen LogP contribution in [0.25, 0.3) is 0 Å². The van der Waals surface area contributed by atoms with Gasteiger partial charge < -0.3 is 10.2 Å². The van der Waals surface area contributed by atoms with Crippen LogP contribution in [0.3, 0.4) is 0 Å². The van der Waals surface area contributed by atoms with Gasteiger partial charge in [-0.15, -0.1) is 0 Å². The molecule has 0 unspecified atom stereocenters. The Kier molecular flexibility index (Phi) is 2.33. The molecule has 0 saturated heterocycles. The topological polar surface area (TPSA) is 49.4 Å². The van der Waals surface area contributed by atoms with Crippen LogP contribution in [0.4, 0.5) is 11.4 Å². The standard InChI is InChI=1S/C12H16N2O2S/c1-17(15,16)11-4-2-3-10-12(11)13-7-8-14(10)9-5-6-9/h2-4,9,13H,5-8H2,1H3. The van der Waals surface area contributed by atoms with E-state index in [2.05, 4.69) is 10.2 Å². The molecule has 1 heterocycles. The van der Waals surface area contributed by atoms with E-state index in [1.54, 1.807) is 6.07 Å². The number of benzene rings is 1. The lowest BCUT2D eigenvalue weighted by Crippen LogP contribution is -2.36. The van der Waals surface area contributed by atoms with Gasteiger partial charge in [-0.3, -0.25) is 0 Å². The molecule has 1 N–H and O–H groups in total. The molecule has 3 rings (SSSR count). The zero-order valence-electron chi connectivity index (χ0n) is 9.81. The van der Waals surface area contributed by atoms with Gasteiger partial charge in [0.2, 0.25) is 0 Å². The van der Waals surface area contributed by atoms with Crippen molar-refractivity contribution in [2.45, 2.75) is 23.8 Å². The molecule has 0 amide bonds. The lowest BCUT2D eigenvalue weighted by atomic mass is 10.2. The van der Waals surface area contributed by atoms with Crippen molar-refractivity contribution in [1.29, 1.82) is 0 Å². The zero-order chi connectivity index (χ0) is 12.0. The van der Waals surface area contributed by atoms with Gasteiger partial charge in [-0.2, -0.15) is 0 Å². The summed E-state index contributed by atoms with van der Waals surface area (Å²) in [5.41, 5.74) is 1.83. The van der Waals surface area contributed by atoms with E-state index in [4.69, 9.17) is 0 Å². The minimum absolute atomic E-state index is 0.417. The van der Waals surface area contributed by atoms with Crippen LogP contribution in [0.5, 0.6) is 0 Å². The molecular weight excluding hydrogens is 236 g/mol. The second-order valence-electron chi connectivity index (χ2n) is 4.77. The Morgan fingerprint density at radius 1 is 1.35 bits per heavy atom. The summed E-state index contributed by atoms with van der Waals surface area (Å²) in [6.07, 6.45) is 3.71. The van der Waals surface area contributed by atoms with E-state index in [1.165, 1.54) is 19.1 Å². The summed E-state index contributed by atoms with van der Waals surface area (Å²) in [6, 6.07) is 6.13. The fraction of sp³-hybridized carbons (Fsp3) is 0.500. The number of hydrogen-bond donors (Lipinski definition) is 1. The number of sulfone groups is 1. The number of nitrogens with zero attached hydrogens (tertiary/aromatic N) is 1. The van der Waals surface area contributed by atoms with Gasteiger partial charge in [-0.25, -0.2) is 8.42 Å². The molecule has 1 aliphatic carbocycles. The lowest BCUT2D eigenvalue weighted by Gasteiger charge is -2.33. The summed E-state index contributed by atoms with van der Waals surface area (Å²) in [4.78, 5) is 2.75. The quantitative estimate of drug-likeness (QED) is 0.866. The van der Waals surface area contributed by atoms with Gasteiger partial charge in [0.15, 0.2) is 9.84 Å². The Morgan fingerprint density at radius 2 is 2.12 bits per heavy atom. The van der Waals surface area contributed by atoms with Gasteiger partial charge in [0.1, 0.15) is 0 Å². The van der Waals surface area contributed by atoms with Crippen molar-refractivity contribution in [2.24, 2.45) is 0 Å². The average molecular weight is 252 g/mol. The largest absolute Gasteiger partial charge is 0.381 e. The predicted molar refractivity (Wildman–Crippen MR) is 68.4 cm³/mol. The molecule has 0 bridgehead atoms. The molecule has 1 aromatic carbocycles. The van der Waals surface area contributed by atoms with E-state index < -0.39 is 9.84 Å². The summed E-state index contributed by atoms with van der Waals surface area (Å²) in [7, 11) is -3.16. The zero-order valence-corrected chi connectivity index (χ0v) is 10.6. The number of fused-ring (bicyclic) bond motifs is 1. The highest BCUT2D eigenvalue weighted by atomic mass is 32.2. The third-order valence-electron chi connectivity index (χ3n) is 3.36. The van der Waals surface area contributed by atoms with Gasteiger partial charge in [0, 0.05) is 25.4 Å². The number of anilines is 2. The smallest absolute Gasteiger partial charge is 0.177 e. The van der Waals surface area contributed by atoms with Crippen LogP contribution in [0.1, 0.15) is 12.8 Å². The Morgan fingerprint density at radius 3 is 2.76 bits per heavy atom. The molecule has 5 heteroatoms. The molecule has 1 aliphatic heterocycles. The second kappa shape index (κ2) is 3.63. The first-order valence-corrected chi connectivity index (χ1v) is 7.80. The van der Waals surface area contributed by atoms with E-state index in [0.29, 0.717) is 10.9 Å². The highest BCUT2D eigenvalue weighted by Crippen LogP contribution is 2.40. The minimum atomic E-state index is -3.16. The minimum Gasteiger partial charge on any atom is -0.381 e. The molecule has 2 aliphatic rings. The van der Waals surface area contributed by atoms with Crippen molar-refractivity contribution in [1.82, 2.24) is 0 Å². The lowest BCUT2D eigenvalue weighted by molar-refractivity contribution is 0.602. The molecule has 1 fully saturated rings. The second-order valence-corrected chi connectivity index (χ2v) is 6.76. The summed E-state index contributed by atoms with van der Waals surface area (Å²) >= 11 is 0. The van der Waals surface area contributed by atoms with E-state index in [9.17, 15) is 8.42 Å². The first-order valence-electron chi connectivity index (χ1n) is 5.91. The van der Waals surface area contributed by atoms with Gasteiger partial charge in [0.05, 0.1) is 16.3 Å². The average Bonchev–Trinajstić information content (AvgIpc) is 3.10. The monoisotopic (exact) mass is 252 g/mol. The highest BCUT2D eigenvalue weighted by molar-refractivity contribution is 7.90. The number of hydrogen-bond acceptors (Lipinski definition) is 4. The summed E-state index contributed by atoms with van der Waals surface area (Å²) in [5, 5.41) is 3.23. The van der Waals surface area contributed by atoms with E-state index in [-0.39, 0.29) is 0 Å². The molecule has 92 valence electrons. The fourth-order valence-electron chi connectivity index (χ4n) is 2.43. The molecule has 0 radical (unpaired) electrons. The van der Waals surface area contributed by atoms with Crippen LogP contribution in [0, 0.1) is 0 Å². The maximum atomic E-state index is 11.7. The van der Waals surface area contributed by atoms with Crippen LogP contribution in [0.15, 0.2) is 23.1 Å². The van der Waals surface area contributed by atoms with E-state index in [0.717, 1.165) is 24.5 Å². The molecule has 4 nitrogen and oxygen atoms in total. The number of rotatable bonds is 2. The Hall–Kier alpha value is -1.23. The van der Waals surface area contributed by atoms with Gasteiger partial charge in [-0.1, -0.05) is 6.07 Å². The van der Waals surface area contributed by atoms with Crippen LogP contribution in [-0.2, 0) is 9.84 Å². The van der Waals surface area contributed by atoms with Crippen molar-refractivity contribution >= 4 is 21.2 Å². The van der Waals surface area contributed by atoms with E-state index >= 15 is 0 Å². The summed E-state index contributed by atoms with van der Waals surface area (Å²) in [6.45, 7) is 1.78. The molecule has 0 atom stereocenters. The van der Waals surface area contributed by atoms with Crippen molar-refractivity contribution in [2.75, 3.05) is 29.6 Å². The molecule has 0 spiro atoms. The molecule has 1 saturated carbocycles. The third-order valence-corrected chi connectivity index (χ3v) is 4.49. The summed E-state index contributed by atoms with van der Waals surface area (Å²) < 4.78 is 23.5. The third kappa shape index (κ3) is 1.88. The Balaban J connectivity index is 2.13. The van der Waals surface area contributed by atoms with E-state index in [1.807, 2.05) is 12.1 Å². The Bertz CT molecular complexity index is 550. The summed E-state index contributed by atoms with van der Waals surface area (Å²) in [5.74, 6) is 0. The van der Waals surface area contributed by atoms with Crippen molar-refractivity contribution < 1.29 is 8.42 Å². The normalized spacial score (nSPS) is 19.7. The predicted octanol–water partition coefficient (Wildman–Crippen LogP) is 1.48. The number of nitrogens with one attached hydrogen (secondary N) is 1. The fourth-order valence-corrected chi connectivity index (χ4v) is 3.31. The molecule has 1 aromatic rings. The van der Waals surface area contributed by atoms with Crippen LogP contribution < -0.4 is 10.2 Å². The van der Waals surface area contributed by atoms with Crippen molar-refractivity contribution in [3.63, 3.8) is 0 Å². The van der Waals surface area contributed by atoms with Gasteiger partial charge in [-0.05, 0) is 25.0 Å². The molecule has 17 heavy (non-hydrogen) atoms. The maximum Gasteiger partial charge on any atom is 0.177 e. The van der Waals surface area contributed by atoms with Crippen LogP contribution in [0.2, 0.25) is 0 Å². The van der Waals surface area contributed by atoms with Crippen molar-refractivity contribution in [3.8, 4) is 0 Å². The SMILES string of the molecule is CS(=O)(=O)c1cccc2c1NCCN2C1CC1.